The number of aromatic nitrogens is 3. The van der Waals surface area contributed by atoms with Gasteiger partial charge in [0.15, 0.2) is 11.5 Å². The minimum absolute atomic E-state index is 0.0850. The van der Waals surface area contributed by atoms with Crippen molar-refractivity contribution in [3.8, 4) is 0 Å². The molecule has 7 heteroatoms. The summed E-state index contributed by atoms with van der Waals surface area (Å²) in [5.74, 6) is 0.840. The lowest BCUT2D eigenvalue weighted by molar-refractivity contribution is 0.187. The van der Waals surface area contributed by atoms with E-state index >= 15 is 0 Å². The van der Waals surface area contributed by atoms with Gasteiger partial charge in [-0.3, -0.25) is 0 Å². The molecule has 4 aromatic rings. The summed E-state index contributed by atoms with van der Waals surface area (Å²) in [6.45, 7) is 2.10. The number of anilines is 1. The molecule has 0 spiro atoms. The highest BCUT2D eigenvalue weighted by atomic mass is 16.3. The molecule has 0 saturated carbocycles. The Morgan fingerprint density at radius 2 is 2.03 bits per heavy atom. The second kappa shape index (κ2) is 8.02. The fourth-order valence-electron chi connectivity index (χ4n) is 3.91. The number of hydrogen-bond donors (Lipinski definition) is 1. The van der Waals surface area contributed by atoms with Crippen LogP contribution in [0.15, 0.2) is 71.7 Å². The Morgan fingerprint density at radius 3 is 2.83 bits per heavy atom. The van der Waals surface area contributed by atoms with Gasteiger partial charge in [-0.25, -0.2) is 14.8 Å². The summed E-state index contributed by atoms with van der Waals surface area (Å²) >= 11 is 0. The van der Waals surface area contributed by atoms with Gasteiger partial charge in [-0.05, 0) is 42.7 Å². The number of imidazole rings is 1. The number of likely N-dealkylation sites (tertiary alicyclic amines) is 1. The third kappa shape index (κ3) is 3.91. The molecule has 1 aliphatic heterocycles. The number of carbonyl (C=O) groups excluding carboxylic acids is 1. The number of urea groups is 1. The largest absolute Gasteiger partial charge is 0.440 e. The van der Waals surface area contributed by atoms with Crippen LogP contribution in [-0.2, 0) is 6.54 Å². The topological polar surface area (TPSA) is 76.2 Å². The van der Waals surface area contributed by atoms with Crippen molar-refractivity contribution in [1.29, 1.82) is 0 Å². The first-order valence-electron chi connectivity index (χ1n) is 10.2. The Bertz CT molecular complexity index is 1100. The molecule has 2 aromatic carbocycles. The fraction of sp³-hybridized carbons (Fsp3) is 0.261. The molecule has 1 unspecified atom stereocenters. The lowest BCUT2D eigenvalue weighted by atomic mass is 9.98. The normalized spacial score (nSPS) is 16.7. The third-order valence-electron chi connectivity index (χ3n) is 5.50. The average molecular weight is 401 g/mol. The first kappa shape index (κ1) is 18.4. The maximum atomic E-state index is 12.8. The molecule has 0 bridgehead atoms. The van der Waals surface area contributed by atoms with Crippen LogP contribution in [0.2, 0.25) is 0 Å². The summed E-state index contributed by atoms with van der Waals surface area (Å²) in [6, 6.07) is 15.6. The van der Waals surface area contributed by atoms with Crippen molar-refractivity contribution < 1.29 is 9.21 Å². The van der Waals surface area contributed by atoms with Gasteiger partial charge in [0, 0.05) is 37.7 Å². The van der Waals surface area contributed by atoms with Crippen molar-refractivity contribution in [2.24, 2.45) is 0 Å². The third-order valence-corrected chi connectivity index (χ3v) is 5.50. The number of amides is 2. The van der Waals surface area contributed by atoms with E-state index in [1.807, 2.05) is 64.2 Å². The summed E-state index contributed by atoms with van der Waals surface area (Å²) in [6.07, 6.45) is 7.39. The Hall–Kier alpha value is -3.61. The van der Waals surface area contributed by atoms with Gasteiger partial charge in [0.25, 0.3) is 0 Å². The van der Waals surface area contributed by atoms with E-state index in [1.54, 1.807) is 12.5 Å². The molecule has 1 aliphatic rings. The molecule has 3 heterocycles. The summed E-state index contributed by atoms with van der Waals surface area (Å²) in [7, 11) is 0. The van der Waals surface area contributed by atoms with Crippen molar-refractivity contribution in [1.82, 2.24) is 19.4 Å². The zero-order valence-electron chi connectivity index (χ0n) is 16.6. The molecule has 1 saturated heterocycles. The quantitative estimate of drug-likeness (QED) is 0.547. The molecule has 5 rings (SSSR count). The number of benzene rings is 2. The van der Waals surface area contributed by atoms with Gasteiger partial charge in [0.2, 0.25) is 0 Å². The van der Waals surface area contributed by atoms with Crippen LogP contribution in [0.1, 0.15) is 30.2 Å². The van der Waals surface area contributed by atoms with E-state index in [-0.39, 0.29) is 11.9 Å². The van der Waals surface area contributed by atoms with Crippen molar-refractivity contribution in [2.75, 3.05) is 18.4 Å². The Labute approximate surface area is 174 Å². The Kier molecular flexibility index (Phi) is 4.93. The SMILES string of the molecule is O=C(Nc1ccc(Cn2ccnc2)cc1)N1CCCC(c2nc3ccccc3o2)C1. The first-order valence-corrected chi connectivity index (χ1v) is 10.2. The smallest absolute Gasteiger partial charge is 0.321 e. The maximum Gasteiger partial charge on any atom is 0.321 e. The number of piperidine rings is 1. The summed E-state index contributed by atoms with van der Waals surface area (Å²) in [5, 5.41) is 3.01. The van der Waals surface area contributed by atoms with E-state index < -0.39 is 0 Å². The second-order valence-corrected chi connectivity index (χ2v) is 7.67. The molecular weight excluding hydrogens is 378 g/mol. The molecule has 152 valence electrons. The van der Waals surface area contributed by atoms with E-state index in [0.717, 1.165) is 54.2 Å². The van der Waals surface area contributed by atoms with Crippen LogP contribution in [0.3, 0.4) is 0 Å². The summed E-state index contributed by atoms with van der Waals surface area (Å²) < 4.78 is 7.94. The van der Waals surface area contributed by atoms with Crippen LogP contribution in [0, 0.1) is 0 Å². The molecule has 0 aliphatic carbocycles. The number of rotatable bonds is 4. The lowest BCUT2D eigenvalue weighted by Crippen LogP contribution is -2.41. The number of para-hydroxylation sites is 2. The molecule has 30 heavy (non-hydrogen) atoms. The fourth-order valence-corrected chi connectivity index (χ4v) is 3.91. The Balaban J connectivity index is 1.22. The van der Waals surface area contributed by atoms with Gasteiger partial charge in [0.05, 0.1) is 12.2 Å². The van der Waals surface area contributed by atoms with Gasteiger partial charge in [-0.2, -0.15) is 0 Å². The Morgan fingerprint density at radius 1 is 1.17 bits per heavy atom. The van der Waals surface area contributed by atoms with E-state index in [0.29, 0.717) is 6.54 Å². The number of nitrogens with one attached hydrogen (secondary N) is 1. The van der Waals surface area contributed by atoms with Crippen LogP contribution in [0.25, 0.3) is 11.1 Å². The van der Waals surface area contributed by atoms with Gasteiger partial charge < -0.3 is 19.2 Å². The molecule has 1 N–H and O–H groups in total. The van der Waals surface area contributed by atoms with Gasteiger partial charge in [0.1, 0.15) is 5.52 Å². The minimum atomic E-state index is -0.0850. The van der Waals surface area contributed by atoms with Crippen molar-refractivity contribution in [2.45, 2.75) is 25.3 Å². The molecule has 7 nitrogen and oxygen atoms in total. The minimum Gasteiger partial charge on any atom is -0.440 e. The molecule has 2 aromatic heterocycles. The number of carbonyl (C=O) groups is 1. The van der Waals surface area contributed by atoms with Crippen LogP contribution in [0.4, 0.5) is 10.5 Å². The highest BCUT2D eigenvalue weighted by molar-refractivity contribution is 5.89. The zero-order valence-corrected chi connectivity index (χ0v) is 16.6. The molecule has 1 fully saturated rings. The van der Waals surface area contributed by atoms with Crippen LogP contribution >= 0.6 is 0 Å². The zero-order chi connectivity index (χ0) is 20.3. The van der Waals surface area contributed by atoms with Crippen molar-refractivity contribution >= 4 is 22.8 Å². The molecule has 0 radical (unpaired) electrons. The summed E-state index contributed by atoms with van der Waals surface area (Å²) in [5.41, 5.74) is 3.60. The van der Waals surface area contributed by atoms with Crippen LogP contribution in [0.5, 0.6) is 0 Å². The predicted octanol–water partition coefficient (Wildman–Crippen LogP) is 4.48. The monoisotopic (exact) mass is 401 g/mol. The van der Waals surface area contributed by atoms with Gasteiger partial charge in [-0.1, -0.05) is 24.3 Å². The number of hydrogen-bond acceptors (Lipinski definition) is 4. The van der Waals surface area contributed by atoms with Crippen molar-refractivity contribution in [3.05, 3.63) is 78.7 Å². The van der Waals surface area contributed by atoms with Crippen LogP contribution in [-0.4, -0.2) is 38.6 Å². The van der Waals surface area contributed by atoms with E-state index in [2.05, 4.69) is 15.3 Å². The van der Waals surface area contributed by atoms with E-state index in [1.165, 1.54) is 0 Å². The number of oxazole rings is 1. The molecule has 2 amide bonds. The standard InChI is InChI=1S/C23H23N5O2/c29-23(25-19-9-7-17(8-10-19)14-27-13-11-24-16-27)28-12-3-4-18(15-28)22-26-20-5-1-2-6-21(20)30-22/h1-2,5-11,13,16,18H,3-4,12,14-15H2,(H,25,29). The van der Waals surface area contributed by atoms with Gasteiger partial charge in [-0.15, -0.1) is 0 Å². The van der Waals surface area contributed by atoms with Gasteiger partial charge >= 0.3 is 6.03 Å². The summed E-state index contributed by atoms with van der Waals surface area (Å²) in [4.78, 5) is 23.3. The second-order valence-electron chi connectivity index (χ2n) is 7.67. The first-order chi connectivity index (χ1) is 14.7. The molecule has 1 atom stereocenters. The van der Waals surface area contributed by atoms with E-state index in [9.17, 15) is 4.79 Å². The number of fused-ring (bicyclic) bond motifs is 1. The lowest BCUT2D eigenvalue weighted by Gasteiger charge is -2.31. The predicted molar refractivity (Wildman–Crippen MR) is 114 cm³/mol. The highest BCUT2D eigenvalue weighted by Gasteiger charge is 2.28. The maximum absolute atomic E-state index is 12.8. The van der Waals surface area contributed by atoms with Crippen LogP contribution < -0.4 is 5.32 Å². The number of nitrogens with zero attached hydrogens (tertiary/aromatic N) is 4. The highest BCUT2D eigenvalue weighted by Crippen LogP contribution is 2.29. The average Bonchev–Trinajstić information content (AvgIpc) is 3.45. The molecular formula is C23H23N5O2. The van der Waals surface area contributed by atoms with Crippen molar-refractivity contribution in [3.63, 3.8) is 0 Å². The van der Waals surface area contributed by atoms with E-state index in [4.69, 9.17) is 4.42 Å².